The number of fused-ring (bicyclic) bond motifs is 1. The number of aromatic nitrogens is 2. The molecule has 0 spiro atoms. The third kappa shape index (κ3) is 3.02. The second kappa shape index (κ2) is 6.85. The lowest BCUT2D eigenvalue weighted by Crippen LogP contribution is -2.38. The summed E-state index contributed by atoms with van der Waals surface area (Å²) in [6.07, 6.45) is 5.49. The van der Waals surface area contributed by atoms with E-state index in [1.165, 1.54) is 0 Å². The van der Waals surface area contributed by atoms with Crippen molar-refractivity contribution >= 4 is 5.91 Å². The molecular formula is C14H24N4O2. The van der Waals surface area contributed by atoms with Crippen molar-refractivity contribution in [2.24, 2.45) is 11.7 Å². The quantitative estimate of drug-likeness (QED) is 0.701. The van der Waals surface area contributed by atoms with Crippen LogP contribution in [0.25, 0.3) is 0 Å². The maximum absolute atomic E-state index is 12.2. The molecule has 1 aliphatic rings. The summed E-state index contributed by atoms with van der Waals surface area (Å²) in [5, 5.41) is 16.5. The van der Waals surface area contributed by atoms with Gasteiger partial charge in [-0.3, -0.25) is 9.48 Å². The van der Waals surface area contributed by atoms with Crippen LogP contribution >= 0.6 is 0 Å². The third-order valence-electron chi connectivity index (χ3n) is 4.04. The van der Waals surface area contributed by atoms with Crippen LogP contribution in [0, 0.1) is 5.92 Å². The zero-order chi connectivity index (χ0) is 14.5. The van der Waals surface area contributed by atoms with E-state index in [9.17, 15) is 4.79 Å². The van der Waals surface area contributed by atoms with Gasteiger partial charge in [-0.2, -0.15) is 5.10 Å². The molecule has 0 saturated heterocycles. The molecule has 0 fully saturated rings. The van der Waals surface area contributed by atoms with Crippen LogP contribution in [-0.2, 0) is 17.8 Å². The topological polar surface area (TPSA) is 93.2 Å². The van der Waals surface area contributed by atoms with Gasteiger partial charge < -0.3 is 16.2 Å². The first-order chi connectivity index (χ1) is 9.71. The molecular weight excluding hydrogens is 256 g/mol. The van der Waals surface area contributed by atoms with Crippen molar-refractivity contribution in [3.63, 3.8) is 0 Å². The predicted octanol–water partition coefficient (Wildman–Crippen LogP) is 0.354. The van der Waals surface area contributed by atoms with Crippen molar-refractivity contribution in [3.05, 3.63) is 17.5 Å². The van der Waals surface area contributed by atoms with E-state index in [2.05, 4.69) is 10.4 Å². The molecule has 4 N–H and O–H groups in total. The monoisotopic (exact) mass is 280 g/mol. The van der Waals surface area contributed by atoms with E-state index < -0.39 is 0 Å². The molecule has 0 saturated carbocycles. The van der Waals surface area contributed by atoms with Gasteiger partial charge in [-0.15, -0.1) is 0 Å². The molecule has 0 aliphatic heterocycles. The Morgan fingerprint density at radius 2 is 2.50 bits per heavy atom. The Hall–Kier alpha value is -1.40. The number of aliphatic hydroxyl groups excluding tert-OH is 1. The molecule has 1 aromatic rings. The van der Waals surface area contributed by atoms with Crippen molar-refractivity contribution in [1.82, 2.24) is 15.1 Å². The summed E-state index contributed by atoms with van der Waals surface area (Å²) in [4.78, 5) is 12.2. The molecule has 2 atom stereocenters. The maximum atomic E-state index is 12.2. The Morgan fingerprint density at radius 3 is 3.15 bits per heavy atom. The molecule has 20 heavy (non-hydrogen) atoms. The van der Waals surface area contributed by atoms with Gasteiger partial charge in [0.25, 0.3) is 0 Å². The first kappa shape index (κ1) is 15.0. The lowest BCUT2D eigenvalue weighted by atomic mass is 9.92. The van der Waals surface area contributed by atoms with Gasteiger partial charge in [0.15, 0.2) is 0 Å². The fourth-order valence-corrected chi connectivity index (χ4v) is 2.80. The Balaban J connectivity index is 2.10. The van der Waals surface area contributed by atoms with Crippen LogP contribution < -0.4 is 11.1 Å². The highest BCUT2D eigenvalue weighted by molar-refractivity contribution is 5.79. The average molecular weight is 280 g/mol. The van der Waals surface area contributed by atoms with Crippen LogP contribution in [0.1, 0.15) is 43.5 Å². The number of nitrogens with zero attached hydrogens (tertiary/aromatic N) is 2. The van der Waals surface area contributed by atoms with Crippen LogP contribution in [0.3, 0.4) is 0 Å². The maximum Gasteiger partial charge on any atom is 0.224 e. The zero-order valence-electron chi connectivity index (χ0n) is 12.0. The first-order valence-electron chi connectivity index (χ1n) is 7.37. The van der Waals surface area contributed by atoms with E-state index in [1.54, 1.807) is 0 Å². The number of hydrogen-bond acceptors (Lipinski definition) is 4. The number of nitrogens with one attached hydrogen (secondary N) is 1. The van der Waals surface area contributed by atoms with Crippen molar-refractivity contribution in [2.45, 2.75) is 45.2 Å². The van der Waals surface area contributed by atoms with Crippen LogP contribution in [0.5, 0.6) is 0 Å². The number of rotatable bonds is 6. The minimum atomic E-state index is -0.118. The fourth-order valence-electron chi connectivity index (χ4n) is 2.80. The van der Waals surface area contributed by atoms with Crippen molar-refractivity contribution < 1.29 is 9.90 Å². The second-order valence-electron chi connectivity index (χ2n) is 5.29. The molecule has 1 aliphatic carbocycles. The van der Waals surface area contributed by atoms with Crippen molar-refractivity contribution in [2.75, 3.05) is 13.2 Å². The van der Waals surface area contributed by atoms with Gasteiger partial charge in [-0.1, -0.05) is 6.92 Å². The Morgan fingerprint density at radius 1 is 1.70 bits per heavy atom. The highest BCUT2D eigenvalue weighted by Crippen LogP contribution is 2.29. The van der Waals surface area contributed by atoms with Crippen LogP contribution in [-0.4, -0.2) is 33.9 Å². The summed E-state index contributed by atoms with van der Waals surface area (Å²) < 4.78 is 1.84. The van der Waals surface area contributed by atoms with E-state index in [0.29, 0.717) is 13.1 Å². The summed E-state index contributed by atoms with van der Waals surface area (Å²) in [5.41, 5.74) is 7.85. The first-order valence-corrected chi connectivity index (χ1v) is 7.37. The van der Waals surface area contributed by atoms with E-state index in [1.807, 2.05) is 17.8 Å². The number of carbonyl (C=O) groups is 1. The third-order valence-corrected chi connectivity index (χ3v) is 4.04. The lowest BCUT2D eigenvalue weighted by Gasteiger charge is -2.25. The molecule has 0 radical (unpaired) electrons. The molecule has 2 rings (SSSR count). The lowest BCUT2D eigenvalue weighted by molar-refractivity contribution is -0.125. The molecule has 1 amide bonds. The average Bonchev–Trinajstić information content (AvgIpc) is 2.85. The summed E-state index contributed by atoms with van der Waals surface area (Å²) in [6.45, 7) is 2.95. The fraction of sp³-hybridized carbons (Fsp3) is 0.714. The number of carbonyl (C=O) groups excluding carboxylic acids is 1. The summed E-state index contributed by atoms with van der Waals surface area (Å²) in [7, 11) is 0. The number of hydrogen-bond donors (Lipinski definition) is 3. The van der Waals surface area contributed by atoms with Crippen LogP contribution in [0.15, 0.2) is 6.20 Å². The Kier molecular flexibility index (Phi) is 5.14. The van der Waals surface area contributed by atoms with Gasteiger partial charge in [-0.25, -0.2) is 0 Å². The van der Waals surface area contributed by atoms with E-state index >= 15 is 0 Å². The van der Waals surface area contributed by atoms with Crippen molar-refractivity contribution in [3.8, 4) is 0 Å². The van der Waals surface area contributed by atoms with Gasteiger partial charge in [0.05, 0.1) is 25.4 Å². The predicted molar refractivity (Wildman–Crippen MR) is 76.0 cm³/mol. The van der Waals surface area contributed by atoms with Crippen molar-refractivity contribution in [1.29, 1.82) is 0 Å². The normalized spacial score (nSPS) is 19.4. The Labute approximate surface area is 119 Å². The highest BCUT2D eigenvalue weighted by atomic mass is 16.3. The molecule has 112 valence electrons. The Bertz CT molecular complexity index is 454. The summed E-state index contributed by atoms with van der Waals surface area (Å²) >= 11 is 0. The smallest absolute Gasteiger partial charge is 0.224 e. The molecule has 6 nitrogen and oxygen atoms in total. The van der Waals surface area contributed by atoms with E-state index in [-0.39, 0.29) is 24.5 Å². The van der Waals surface area contributed by atoms with Gasteiger partial charge in [-0.05, 0) is 25.7 Å². The van der Waals surface area contributed by atoms with Crippen LogP contribution in [0.2, 0.25) is 0 Å². The van der Waals surface area contributed by atoms with Gasteiger partial charge in [0.1, 0.15) is 0 Å². The molecule has 0 bridgehead atoms. The van der Waals surface area contributed by atoms with E-state index in [4.69, 9.17) is 10.8 Å². The second-order valence-corrected chi connectivity index (χ2v) is 5.29. The number of aliphatic hydroxyl groups is 1. The van der Waals surface area contributed by atoms with Gasteiger partial charge >= 0.3 is 0 Å². The number of amides is 1. The minimum absolute atomic E-state index is 0.0271. The van der Waals surface area contributed by atoms with Gasteiger partial charge in [0.2, 0.25) is 5.91 Å². The SMILES string of the molecule is CCC(CN)C(=O)NC1CCCc2c1cnn2CCO. The zero-order valence-corrected chi connectivity index (χ0v) is 12.0. The number of nitrogens with two attached hydrogens (primary N) is 1. The molecule has 1 aromatic heterocycles. The molecule has 0 aromatic carbocycles. The largest absolute Gasteiger partial charge is 0.394 e. The molecule has 6 heteroatoms. The van der Waals surface area contributed by atoms with Crippen LogP contribution in [0.4, 0.5) is 0 Å². The molecule has 2 unspecified atom stereocenters. The standard InChI is InChI=1S/C14H24N4O2/c1-2-10(8-15)14(20)17-12-4-3-5-13-11(12)9-16-18(13)6-7-19/h9-10,12,19H,2-8,15H2,1H3,(H,17,20). The van der Waals surface area contributed by atoms with E-state index in [0.717, 1.165) is 36.9 Å². The highest BCUT2D eigenvalue weighted by Gasteiger charge is 2.27. The summed E-state index contributed by atoms with van der Waals surface area (Å²) in [5.74, 6) is -0.0874. The van der Waals surface area contributed by atoms with Gasteiger partial charge in [0, 0.05) is 23.7 Å². The molecule has 1 heterocycles. The minimum Gasteiger partial charge on any atom is -0.394 e. The summed E-state index contributed by atoms with van der Waals surface area (Å²) in [6, 6.07) is 0.0271.